The molecule has 0 spiro atoms. The van der Waals surface area contributed by atoms with Crippen LogP contribution < -0.4 is 14.8 Å². The van der Waals surface area contributed by atoms with Crippen molar-refractivity contribution in [2.75, 3.05) is 20.3 Å². The summed E-state index contributed by atoms with van der Waals surface area (Å²) in [5.74, 6) is 1.31. The van der Waals surface area contributed by atoms with Gasteiger partial charge in [-0.25, -0.2) is 0 Å². The van der Waals surface area contributed by atoms with Crippen molar-refractivity contribution >= 4 is 5.91 Å². The number of nitrogens with one attached hydrogen (secondary N) is 1. The standard InChI is InChI=1S/C21H27NO3/c1-21(2,3)16-10-12-17(13-11-16)24-14-7-15-25-19-9-6-5-8-18(19)20(23)22-4/h5-6,8-13H,7,14-15H2,1-4H3,(H,22,23). The zero-order valence-corrected chi connectivity index (χ0v) is 15.5. The van der Waals surface area contributed by atoms with E-state index in [1.54, 1.807) is 19.2 Å². The topological polar surface area (TPSA) is 47.6 Å². The van der Waals surface area contributed by atoms with Gasteiger partial charge in [-0.3, -0.25) is 4.79 Å². The number of rotatable bonds is 7. The van der Waals surface area contributed by atoms with Gasteiger partial charge in [0.25, 0.3) is 5.91 Å². The number of para-hydroxylation sites is 1. The van der Waals surface area contributed by atoms with Gasteiger partial charge in [0.15, 0.2) is 0 Å². The molecule has 0 aliphatic heterocycles. The van der Waals surface area contributed by atoms with E-state index in [2.05, 4.69) is 38.2 Å². The third kappa shape index (κ3) is 5.52. The van der Waals surface area contributed by atoms with Crippen molar-refractivity contribution in [2.24, 2.45) is 0 Å². The highest BCUT2D eigenvalue weighted by Gasteiger charge is 2.13. The normalized spacial score (nSPS) is 11.0. The summed E-state index contributed by atoms with van der Waals surface area (Å²) in [7, 11) is 1.61. The molecule has 0 aromatic heterocycles. The Labute approximate surface area is 150 Å². The molecule has 0 aliphatic rings. The number of benzene rings is 2. The van der Waals surface area contributed by atoms with Crippen LogP contribution in [0.2, 0.25) is 0 Å². The van der Waals surface area contributed by atoms with E-state index in [9.17, 15) is 4.79 Å². The first-order valence-electron chi connectivity index (χ1n) is 8.59. The van der Waals surface area contributed by atoms with Crippen LogP contribution in [0.1, 0.15) is 43.1 Å². The van der Waals surface area contributed by atoms with Crippen LogP contribution in [0.25, 0.3) is 0 Å². The summed E-state index contributed by atoms with van der Waals surface area (Å²) in [5, 5.41) is 2.62. The minimum atomic E-state index is -0.147. The van der Waals surface area contributed by atoms with Crippen LogP contribution in [-0.4, -0.2) is 26.2 Å². The molecule has 2 aromatic carbocycles. The molecule has 0 atom stereocenters. The molecule has 0 heterocycles. The molecular weight excluding hydrogens is 314 g/mol. The summed E-state index contributed by atoms with van der Waals surface area (Å²) < 4.78 is 11.5. The molecule has 134 valence electrons. The molecule has 0 fully saturated rings. The average Bonchev–Trinajstić information content (AvgIpc) is 2.61. The first kappa shape index (κ1) is 18.8. The van der Waals surface area contributed by atoms with E-state index in [1.165, 1.54) is 5.56 Å². The average molecular weight is 341 g/mol. The summed E-state index contributed by atoms with van der Waals surface area (Å²) in [6, 6.07) is 15.4. The smallest absolute Gasteiger partial charge is 0.254 e. The second-order valence-corrected chi connectivity index (χ2v) is 6.90. The maximum atomic E-state index is 11.8. The lowest BCUT2D eigenvalue weighted by Crippen LogP contribution is -2.19. The summed E-state index contributed by atoms with van der Waals surface area (Å²) in [6.07, 6.45) is 0.739. The highest BCUT2D eigenvalue weighted by Crippen LogP contribution is 2.24. The van der Waals surface area contributed by atoms with Gasteiger partial charge in [-0.15, -0.1) is 0 Å². The van der Waals surface area contributed by atoms with E-state index >= 15 is 0 Å². The predicted molar refractivity (Wildman–Crippen MR) is 101 cm³/mol. The number of hydrogen-bond acceptors (Lipinski definition) is 3. The minimum absolute atomic E-state index is 0.143. The van der Waals surface area contributed by atoms with Crippen LogP contribution in [0.15, 0.2) is 48.5 Å². The van der Waals surface area contributed by atoms with Crippen LogP contribution in [0.3, 0.4) is 0 Å². The first-order valence-corrected chi connectivity index (χ1v) is 8.59. The zero-order valence-electron chi connectivity index (χ0n) is 15.5. The molecule has 2 rings (SSSR count). The SMILES string of the molecule is CNC(=O)c1ccccc1OCCCOc1ccc(C(C)(C)C)cc1. The predicted octanol–water partition coefficient (Wildman–Crippen LogP) is 4.19. The van der Waals surface area contributed by atoms with Crippen LogP contribution >= 0.6 is 0 Å². The fraction of sp³-hybridized carbons (Fsp3) is 0.381. The molecule has 2 aromatic rings. The highest BCUT2D eigenvalue weighted by atomic mass is 16.5. The van der Waals surface area contributed by atoms with E-state index in [0.29, 0.717) is 24.5 Å². The number of ether oxygens (including phenoxy) is 2. The van der Waals surface area contributed by atoms with E-state index in [1.807, 2.05) is 24.3 Å². The Bertz CT molecular complexity index is 687. The van der Waals surface area contributed by atoms with Crippen molar-refractivity contribution in [3.63, 3.8) is 0 Å². The Balaban J connectivity index is 1.78. The molecule has 0 bridgehead atoms. The Kier molecular flexibility index (Phi) is 6.45. The molecule has 4 nitrogen and oxygen atoms in total. The van der Waals surface area contributed by atoms with Crippen molar-refractivity contribution in [3.8, 4) is 11.5 Å². The first-order chi connectivity index (χ1) is 11.9. The van der Waals surface area contributed by atoms with Gasteiger partial charge in [-0.05, 0) is 35.2 Å². The van der Waals surface area contributed by atoms with Crippen molar-refractivity contribution in [1.82, 2.24) is 5.32 Å². The lowest BCUT2D eigenvalue weighted by Gasteiger charge is -2.19. The zero-order chi connectivity index (χ0) is 18.3. The largest absolute Gasteiger partial charge is 0.493 e. The van der Waals surface area contributed by atoms with Gasteiger partial charge < -0.3 is 14.8 Å². The second-order valence-electron chi connectivity index (χ2n) is 6.90. The van der Waals surface area contributed by atoms with Gasteiger partial charge in [0.1, 0.15) is 11.5 Å². The van der Waals surface area contributed by atoms with Gasteiger partial charge in [-0.2, -0.15) is 0 Å². The van der Waals surface area contributed by atoms with Crippen LogP contribution in [-0.2, 0) is 5.41 Å². The summed E-state index contributed by atoms with van der Waals surface area (Å²) in [4.78, 5) is 11.8. The number of carbonyl (C=O) groups is 1. The molecule has 4 heteroatoms. The molecular formula is C21H27NO3. The van der Waals surface area contributed by atoms with Crippen molar-refractivity contribution < 1.29 is 14.3 Å². The molecule has 0 radical (unpaired) electrons. The third-order valence-electron chi connectivity index (χ3n) is 3.89. The number of hydrogen-bond donors (Lipinski definition) is 1. The van der Waals surface area contributed by atoms with Crippen LogP contribution in [0.5, 0.6) is 11.5 Å². The molecule has 25 heavy (non-hydrogen) atoms. The van der Waals surface area contributed by atoms with E-state index in [0.717, 1.165) is 12.2 Å². The molecule has 0 saturated heterocycles. The molecule has 0 saturated carbocycles. The fourth-order valence-electron chi connectivity index (χ4n) is 2.40. The Hall–Kier alpha value is -2.49. The maximum absolute atomic E-state index is 11.8. The summed E-state index contributed by atoms with van der Waals surface area (Å²) >= 11 is 0. The van der Waals surface area contributed by atoms with E-state index in [-0.39, 0.29) is 11.3 Å². The van der Waals surface area contributed by atoms with Crippen molar-refractivity contribution in [2.45, 2.75) is 32.6 Å². The molecule has 1 N–H and O–H groups in total. The van der Waals surface area contributed by atoms with E-state index in [4.69, 9.17) is 9.47 Å². The van der Waals surface area contributed by atoms with Crippen molar-refractivity contribution in [1.29, 1.82) is 0 Å². The fourth-order valence-corrected chi connectivity index (χ4v) is 2.40. The lowest BCUT2D eigenvalue weighted by molar-refractivity contribution is 0.0959. The summed E-state index contributed by atoms with van der Waals surface area (Å²) in [6.45, 7) is 7.63. The third-order valence-corrected chi connectivity index (χ3v) is 3.89. The molecule has 0 unspecified atom stereocenters. The molecule has 0 aliphatic carbocycles. The summed E-state index contributed by atoms with van der Waals surface area (Å²) in [5.41, 5.74) is 1.97. The van der Waals surface area contributed by atoms with Gasteiger partial charge in [-0.1, -0.05) is 45.0 Å². The molecule has 1 amide bonds. The maximum Gasteiger partial charge on any atom is 0.254 e. The van der Waals surface area contributed by atoms with Gasteiger partial charge >= 0.3 is 0 Å². The van der Waals surface area contributed by atoms with Crippen LogP contribution in [0, 0.1) is 0 Å². The Morgan fingerprint density at radius 3 is 2.24 bits per heavy atom. The number of amides is 1. The minimum Gasteiger partial charge on any atom is -0.493 e. The Morgan fingerprint density at radius 1 is 0.960 bits per heavy atom. The second kappa shape index (κ2) is 8.56. The van der Waals surface area contributed by atoms with E-state index < -0.39 is 0 Å². The van der Waals surface area contributed by atoms with Gasteiger partial charge in [0.2, 0.25) is 0 Å². The Morgan fingerprint density at radius 2 is 1.60 bits per heavy atom. The van der Waals surface area contributed by atoms with Crippen molar-refractivity contribution in [3.05, 3.63) is 59.7 Å². The lowest BCUT2D eigenvalue weighted by atomic mass is 9.87. The van der Waals surface area contributed by atoms with Gasteiger partial charge in [0.05, 0.1) is 18.8 Å². The van der Waals surface area contributed by atoms with Crippen LogP contribution in [0.4, 0.5) is 0 Å². The van der Waals surface area contributed by atoms with Gasteiger partial charge in [0, 0.05) is 13.5 Å². The quantitative estimate of drug-likeness (QED) is 0.768. The highest BCUT2D eigenvalue weighted by molar-refractivity contribution is 5.96. The number of carbonyl (C=O) groups excluding carboxylic acids is 1. The monoisotopic (exact) mass is 341 g/mol.